The Kier molecular flexibility index (Phi) is 6.79. The van der Waals surface area contributed by atoms with E-state index in [9.17, 15) is 0 Å². The number of halogens is 1. The monoisotopic (exact) mass is 380 g/mol. The van der Waals surface area contributed by atoms with Crippen molar-refractivity contribution in [2.45, 2.75) is 27.7 Å². The molecule has 18 heavy (non-hydrogen) atoms. The Bertz CT molecular complexity index is 367. The summed E-state index contributed by atoms with van der Waals surface area (Å²) >= 11 is 2.30. The molecule has 0 heterocycles. The Hall–Kier alpha value is 0.0469. The van der Waals surface area contributed by atoms with Crippen LogP contribution in [0.3, 0.4) is 0 Å². The van der Waals surface area contributed by atoms with E-state index >= 15 is 0 Å². The van der Waals surface area contributed by atoms with E-state index in [1.807, 2.05) is 20.8 Å². The summed E-state index contributed by atoms with van der Waals surface area (Å²) in [5.41, 5.74) is 1.16. The van der Waals surface area contributed by atoms with E-state index in [2.05, 4.69) is 47.7 Å². The number of benzene rings is 1. The van der Waals surface area contributed by atoms with Gasteiger partial charge in [-0.3, -0.25) is 0 Å². The summed E-state index contributed by atoms with van der Waals surface area (Å²) in [5, 5.41) is 1.08. The molecule has 1 rings (SSSR count). The van der Waals surface area contributed by atoms with Crippen LogP contribution >= 0.6 is 22.6 Å². The summed E-state index contributed by atoms with van der Waals surface area (Å²) in [5.74, 6) is 0. The molecule has 0 unspecified atom stereocenters. The van der Waals surface area contributed by atoms with Gasteiger partial charge in [-0.2, -0.15) is 0 Å². The molecule has 5 heteroatoms. The van der Waals surface area contributed by atoms with Gasteiger partial charge in [0.05, 0.1) is 0 Å². The van der Waals surface area contributed by atoms with Crippen molar-refractivity contribution in [1.29, 1.82) is 0 Å². The van der Waals surface area contributed by atoms with Gasteiger partial charge in [-0.25, -0.2) is 0 Å². The lowest BCUT2D eigenvalue weighted by Crippen LogP contribution is -2.57. The van der Waals surface area contributed by atoms with Gasteiger partial charge in [0, 0.05) is 28.6 Å². The minimum Gasteiger partial charge on any atom is -0.370 e. The van der Waals surface area contributed by atoms with Crippen molar-refractivity contribution in [3.63, 3.8) is 0 Å². The Labute approximate surface area is 124 Å². The summed E-state index contributed by atoms with van der Waals surface area (Å²) < 4.78 is 18.9. The number of rotatable bonds is 7. The molecule has 0 amide bonds. The molecule has 0 aromatic heterocycles. The highest BCUT2D eigenvalue weighted by atomic mass is 127. The Morgan fingerprint density at radius 3 is 1.94 bits per heavy atom. The zero-order valence-electron chi connectivity index (χ0n) is 11.5. The minimum absolute atomic E-state index is 0.594. The van der Waals surface area contributed by atoms with E-state index in [0.717, 1.165) is 10.8 Å². The molecule has 102 valence electrons. The maximum absolute atomic E-state index is 5.92. The molecule has 0 aliphatic heterocycles. The predicted molar refractivity (Wildman–Crippen MR) is 84.2 cm³/mol. The van der Waals surface area contributed by atoms with Crippen molar-refractivity contribution >= 4 is 36.6 Å². The van der Waals surface area contributed by atoms with Gasteiger partial charge >= 0.3 is 8.80 Å². The molecular formula is C13H21IO3Si. The van der Waals surface area contributed by atoms with Crippen LogP contribution in [0, 0.1) is 10.5 Å². The fraction of sp³-hybridized carbons (Fsp3) is 0.538. The van der Waals surface area contributed by atoms with E-state index in [-0.39, 0.29) is 0 Å². The molecule has 1 aromatic carbocycles. The first-order valence-corrected chi connectivity index (χ1v) is 9.08. The average molecular weight is 380 g/mol. The van der Waals surface area contributed by atoms with Gasteiger partial charge in [-0.1, -0.05) is 6.07 Å². The molecule has 0 saturated carbocycles. The lowest BCUT2D eigenvalue weighted by atomic mass is 10.2. The molecule has 0 saturated heterocycles. The predicted octanol–water partition coefficient (Wildman–Crippen LogP) is 2.86. The van der Waals surface area contributed by atoms with Gasteiger partial charge in [0.25, 0.3) is 0 Å². The van der Waals surface area contributed by atoms with E-state index in [0.29, 0.717) is 19.8 Å². The normalized spacial score (nSPS) is 11.8. The lowest BCUT2D eigenvalue weighted by molar-refractivity contribution is 0.0858. The summed E-state index contributed by atoms with van der Waals surface area (Å²) in [4.78, 5) is 0. The lowest BCUT2D eigenvalue weighted by Gasteiger charge is -2.29. The van der Waals surface area contributed by atoms with Crippen LogP contribution in [-0.4, -0.2) is 28.6 Å². The van der Waals surface area contributed by atoms with Gasteiger partial charge in [0.15, 0.2) is 0 Å². The van der Waals surface area contributed by atoms with Crippen LogP contribution in [0.5, 0.6) is 0 Å². The van der Waals surface area contributed by atoms with E-state index in [1.54, 1.807) is 0 Å². The van der Waals surface area contributed by atoms with Gasteiger partial charge in [-0.15, -0.1) is 0 Å². The average Bonchev–Trinajstić information content (AvgIpc) is 2.33. The maximum Gasteiger partial charge on any atom is 0.537 e. The smallest absolute Gasteiger partial charge is 0.370 e. The van der Waals surface area contributed by atoms with Crippen LogP contribution in [0.2, 0.25) is 0 Å². The molecule has 1 aromatic rings. The summed E-state index contributed by atoms with van der Waals surface area (Å²) in [6.45, 7) is 9.78. The van der Waals surface area contributed by atoms with Crippen LogP contribution in [0.1, 0.15) is 26.3 Å². The van der Waals surface area contributed by atoms with Crippen LogP contribution in [-0.2, 0) is 13.3 Å². The first-order valence-electron chi connectivity index (χ1n) is 6.28. The SMILES string of the molecule is CCO[Si](OCC)(OCC)c1cc(I)ccc1C. The molecule has 0 spiro atoms. The van der Waals surface area contributed by atoms with Gasteiger partial charge in [0.2, 0.25) is 0 Å². The molecule has 0 radical (unpaired) electrons. The number of aryl methyl sites for hydroxylation is 1. The van der Waals surface area contributed by atoms with E-state index in [1.165, 1.54) is 3.57 Å². The van der Waals surface area contributed by atoms with Crippen molar-refractivity contribution < 1.29 is 13.3 Å². The second kappa shape index (κ2) is 7.59. The first-order chi connectivity index (χ1) is 8.59. The fourth-order valence-electron chi connectivity index (χ4n) is 1.85. The third-order valence-corrected chi connectivity index (χ3v) is 6.41. The molecular weight excluding hydrogens is 359 g/mol. The highest BCUT2D eigenvalue weighted by Crippen LogP contribution is 2.15. The molecule has 3 nitrogen and oxygen atoms in total. The van der Waals surface area contributed by atoms with Crippen molar-refractivity contribution in [1.82, 2.24) is 0 Å². The Morgan fingerprint density at radius 2 is 1.50 bits per heavy atom. The molecule has 0 atom stereocenters. The zero-order chi connectivity index (χ0) is 13.6. The highest BCUT2D eigenvalue weighted by molar-refractivity contribution is 14.1. The molecule has 0 fully saturated rings. The van der Waals surface area contributed by atoms with Gasteiger partial charge < -0.3 is 13.3 Å². The zero-order valence-corrected chi connectivity index (χ0v) is 14.6. The second-order valence-electron chi connectivity index (χ2n) is 3.81. The summed E-state index contributed by atoms with van der Waals surface area (Å²) in [6, 6.07) is 6.29. The van der Waals surface area contributed by atoms with Crippen LogP contribution in [0.4, 0.5) is 0 Å². The van der Waals surface area contributed by atoms with E-state index < -0.39 is 8.80 Å². The Morgan fingerprint density at radius 1 is 1.00 bits per heavy atom. The first kappa shape index (κ1) is 16.1. The quantitative estimate of drug-likeness (QED) is 0.538. The third-order valence-electron chi connectivity index (χ3n) is 2.53. The van der Waals surface area contributed by atoms with Crippen molar-refractivity contribution in [2.75, 3.05) is 19.8 Å². The number of hydrogen-bond acceptors (Lipinski definition) is 3. The molecule has 0 N–H and O–H groups in total. The summed E-state index contributed by atoms with van der Waals surface area (Å²) in [7, 11) is -2.75. The van der Waals surface area contributed by atoms with Gasteiger partial charge in [0.1, 0.15) is 0 Å². The van der Waals surface area contributed by atoms with Crippen molar-refractivity contribution in [3.05, 3.63) is 27.3 Å². The Balaban J connectivity index is 3.24. The van der Waals surface area contributed by atoms with Crippen LogP contribution in [0.25, 0.3) is 0 Å². The van der Waals surface area contributed by atoms with Crippen molar-refractivity contribution in [2.24, 2.45) is 0 Å². The third kappa shape index (κ3) is 3.77. The van der Waals surface area contributed by atoms with E-state index in [4.69, 9.17) is 13.3 Å². The molecule has 0 aliphatic rings. The topological polar surface area (TPSA) is 27.7 Å². The van der Waals surface area contributed by atoms with Crippen LogP contribution < -0.4 is 5.19 Å². The van der Waals surface area contributed by atoms with Crippen molar-refractivity contribution in [3.8, 4) is 0 Å². The maximum atomic E-state index is 5.92. The number of hydrogen-bond donors (Lipinski definition) is 0. The molecule has 0 aliphatic carbocycles. The summed E-state index contributed by atoms with van der Waals surface area (Å²) in [6.07, 6.45) is 0. The molecule has 0 bridgehead atoms. The van der Waals surface area contributed by atoms with Crippen LogP contribution in [0.15, 0.2) is 18.2 Å². The standard InChI is InChI=1S/C13H21IO3Si/c1-5-15-18(16-6-2,17-7-3)13-10-12(14)9-8-11(13)4/h8-10H,5-7H2,1-4H3. The highest BCUT2D eigenvalue weighted by Gasteiger charge is 2.44. The minimum atomic E-state index is -2.75. The fourth-order valence-corrected chi connectivity index (χ4v) is 5.39. The second-order valence-corrected chi connectivity index (χ2v) is 7.58. The largest absolute Gasteiger partial charge is 0.537 e. The van der Waals surface area contributed by atoms with Gasteiger partial charge in [-0.05, 0) is 68.0 Å².